The zero-order valence-electron chi connectivity index (χ0n) is 15.9. The molecule has 2 amide bonds. The molecule has 0 aromatic heterocycles. The van der Waals surface area contributed by atoms with Crippen LogP contribution in [-0.2, 0) is 9.59 Å². The third kappa shape index (κ3) is 3.65. The summed E-state index contributed by atoms with van der Waals surface area (Å²) in [6.07, 6.45) is 1.04. The first-order valence-electron chi connectivity index (χ1n) is 8.82. The summed E-state index contributed by atoms with van der Waals surface area (Å²) in [5, 5.41) is 6.34. The van der Waals surface area contributed by atoms with Gasteiger partial charge in [-0.05, 0) is 56.4 Å². The van der Waals surface area contributed by atoms with E-state index < -0.39 is 5.41 Å². The molecule has 27 heavy (non-hydrogen) atoms. The first kappa shape index (κ1) is 19.2. The summed E-state index contributed by atoms with van der Waals surface area (Å²) in [5.41, 5.74) is 2.98. The number of benzene rings is 2. The van der Waals surface area contributed by atoms with E-state index >= 15 is 0 Å². The van der Waals surface area contributed by atoms with Gasteiger partial charge in [-0.25, -0.2) is 0 Å². The normalized spacial score (nSPS) is 14.4. The number of hydrogen-bond acceptors (Lipinski definition) is 3. The summed E-state index contributed by atoms with van der Waals surface area (Å²) in [7, 11) is 1.51. The minimum Gasteiger partial charge on any atom is -0.495 e. The smallest absolute Gasteiger partial charge is 0.240 e. The van der Waals surface area contributed by atoms with Crippen molar-refractivity contribution in [2.24, 2.45) is 5.41 Å². The van der Waals surface area contributed by atoms with Crippen LogP contribution >= 0.6 is 11.6 Å². The SMILES string of the molecule is COc1cc(Cl)c(C)cc1NC(=O)C1(C(=O)Nc2c(C)cccc2C)CC1. The second-order valence-corrected chi connectivity index (χ2v) is 7.47. The van der Waals surface area contributed by atoms with E-state index in [1.807, 2.05) is 39.0 Å². The molecule has 0 bridgehead atoms. The second kappa shape index (κ2) is 7.24. The van der Waals surface area contributed by atoms with Crippen molar-refractivity contribution in [2.75, 3.05) is 17.7 Å². The number of rotatable bonds is 5. The Morgan fingerprint density at radius 1 is 1.00 bits per heavy atom. The van der Waals surface area contributed by atoms with Gasteiger partial charge in [0.15, 0.2) is 0 Å². The number of aryl methyl sites for hydroxylation is 3. The number of para-hydroxylation sites is 1. The van der Waals surface area contributed by atoms with Crippen molar-refractivity contribution in [2.45, 2.75) is 33.6 Å². The van der Waals surface area contributed by atoms with Crippen LogP contribution in [0.15, 0.2) is 30.3 Å². The van der Waals surface area contributed by atoms with E-state index in [-0.39, 0.29) is 11.8 Å². The van der Waals surface area contributed by atoms with Gasteiger partial charge in [-0.1, -0.05) is 29.8 Å². The number of hydrogen-bond donors (Lipinski definition) is 2. The van der Waals surface area contributed by atoms with Crippen molar-refractivity contribution >= 4 is 34.8 Å². The molecule has 0 radical (unpaired) electrons. The van der Waals surface area contributed by atoms with Crippen molar-refractivity contribution in [3.8, 4) is 5.75 Å². The Hall–Kier alpha value is -2.53. The summed E-state index contributed by atoms with van der Waals surface area (Å²) in [5.74, 6) is -0.141. The van der Waals surface area contributed by atoms with E-state index in [4.69, 9.17) is 16.3 Å². The standard InChI is InChI=1S/C21H23ClN2O3/c1-12-6-5-7-13(2)18(12)24-20(26)21(8-9-21)19(25)23-16-10-14(3)15(22)11-17(16)27-4/h5-7,10-11H,8-9H2,1-4H3,(H,23,25)(H,24,26). The number of ether oxygens (including phenoxy) is 1. The van der Waals surface area contributed by atoms with Crippen LogP contribution in [0, 0.1) is 26.2 Å². The zero-order chi connectivity index (χ0) is 19.8. The van der Waals surface area contributed by atoms with Crippen molar-refractivity contribution in [3.63, 3.8) is 0 Å². The molecule has 0 unspecified atom stereocenters. The lowest BCUT2D eigenvalue weighted by molar-refractivity contribution is -0.131. The van der Waals surface area contributed by atoms with Crippen LogP contribution in [0.1, 0.15) is 29.5 Å². The zero-order valence-corrected chi connectivity index (χ0v) is 16.7. The number of nitrogens with one attached hydrogen (secondary N) is 2. The molecule has 2 aromatic carbocycles. The van der Waals surface area contributed by atoms with Crippen molar-refractivity contribution in [3.05, 3.63) is 52.0 Å². The second-order valence-electron chi connectivity index (χ2n) is 7.06. The Kier molecular flexibility index (Phi) is 5.16. The van der Waals surface area contributed by atoms with Gasteiger partial charge in [0.2, 0.25) is 11.8 Å². The van der Waals surface area contributed by atoms with Gasteiger partial charge in [-0.15, -0.1) is 0 Å². The highest BCUT2D eigenvalue weighted by molar-refractivity contribution is 6.31. The lowest BCUT2D eigenvalue weighted by Gasteiger charge is -2.19. The highest BCUT2D eigenvalue weighted by Crippen LogP contribution is 2.48. The van der Waals surface area contributed by atoms with Gasteiger partial charge < -0.3 is 15.4 Å². The topological polar surface area (TPSA) is 67.4 Å². The lowest BCUT2D eigenvalue weighted by Crippen LogP contribution is -2.36. The predicted octanol–water partition coefficient (Wildman–Crippen LogP) is 4.63. The number of methoxy groups -OCH3 is 1. The number of anilines is 2. The van der Waals surface area contributed by atoms with Gasteiger partial charge in [0.25, 0.3) is 0 Å². The molecule has 1 fully saturated rings. The van der Waals surface area contributed by atoms with Crippen LogP contribution in [0.3, 0.4) is 0 Å². The van der Waals surface area contributed by atoms with Gasteiger partial charge in [-0.2, -0.15) is 0 Å². The maximum absolute atomic E-state index is 12.9. The van der Waals surface area contributed by atoms with E-state index in [1.165, 1.54) is 7.11 Å². The molecule has 3 rings (SSSR count). The molecule has 0 aliphatic heterocycles. The van der Waals surface area contributed by atoms with Crippen LogP contribution in [0.2, 0.25) is 5.02 Å². The largest absolute Gasteiger partial charge is 0.495 e. The summed E-state index contributed by atoms with van der Waals surface area (Å²) >= 11 is 6.12. The van der Waals surface area contributed by atoms with Crippen molar-refractivity contribution < 1.29 is 14.3 Å². The number of amides is 2. The van der Waals surface area contributed by atoms with Crippen LogP contribution in [0.5, 0.6) is 5.75 Å². The summed E-state index contributed by atoms with van der Waals surface area (Å²) in [6.45, 7) is 5.71. The van der Waals surface area contributed by atoms with Crippen LogP contribution in [0.25, 0.3) is 0 Å². The van der Waals surface area contributed by atoms with Gasteiger partial charge in [0.1, 0.15) is 11.2 Å². The molecule has 0 heterocycles. The fraction of sp³-hybridized carbons (Fsp3) is 0.333. The van der Waals surface area contributed by atoms with E-state index in [9.17, 15) is 9.59 Å². The van der Waals surface area contributed by atoms with E-state index in [0.717, 1.165) is 22.4 Å². The molecule has 0 atom stereocenters. The fourth-order valence-corrected chi connectivity index (χ4v) is 3.25. The molecule has 0 spiro atoms. The maximum Gasteiger partial charge on any atom is 0.240 e. The van der Waals surface area contributed by atoms with Crippen molar-refractivity contribution in [1.29, 1.82) is 0 Å². The van der Waals surface area contributed by atoms with Crippen LogP contribution < -0.4 is 15.4 Å². The molecule has 1 aliphatic rings. The Morgan fingerprint density at radius 2 is 1.59 bits per heavy atom. The third-order valence-electron chi connectivity index (χ3n) is 5.07. The molecule has 0 saturated heterocycles. The molecule has 5 nitrogen and oxygen atoms in total. The monoisotopic (exact) mass is 386 g/mol. The van der Waals surface area contributed by atoms with Gasteiger partial charge in [-0.3, -0.25) is 9.59 Å². The average Bonchev–Trinajstić information content (AvgIpc) is 3.43. The summed E-state index contributed by atoms with van der Waals surface area (Å²) < 4.78 is 5.30. The minimum absolute atomic E-state index is 0.276. The van der Waals surface area contributed by atoms with Crippen LogP contribution in [0.4, 0.5) is 11.4 Å². The van der Waals surface area contributed by atoms with Crippen LogP contribution in [-0.4, -0.2) is 18.9 Å². The molecule has 6 heteroatoms. The maximum atomic E-state index is 12.9. The highest BCUT2D eigenvalue weighted by Gasteiger charge is 2.56. The highest BCUT2D eigenvalue weighted by atomic mass is 35.5. The Balaban J connectivity index is 1.81. The molecule has 1 saturated carbocycles. The molecule has 2 N–H and O–H groups in total. The molecule has 142 valence electrons. The number of halogens is 1. The first-order valence-corrected chi connectivity index (χ1v) is 9.19. The molecular formula is C21H23ClN2O3. The Morgan fingerprint density at radius 3 is 2.15 bits per heavy atom. The van der Waals surface area contributed by atoms with Gasteiger partial charge >= 0.3 is 0 Å². The average molecular weight is 387 g/mol. The van der Waals surface area contributed by atoms with Gasteiger partial charge in [0, 0.05) is 16.8 Å². The molecule has 1 aliphatic carbocycles. The third-order valence-corrected chi connectivity index (χ3v) is 5.48. The van der Waals surface area contributed by atoms with E-state index in [0.29, 0.717) is 29.3 Å². The Labute approximate surface area is 164 Å². The van der Waals surface area contributed by atoms with E-state index in [1.54, 1.807) is 12.1 Å². The van der Waals surface area contributed by atoms with Gasteiger partial charge in [0.05, 0.1) is 12.8 Å². The molecule has 2 aromatic rings. The lowest BCUT2D eigenvalue weighted by atomic mass is 10.0. The minimum atomic E-state index is -1.05. The fourth-order valence-electron chi connectivity index (χ4n) is 3.10. The van der Waals surface area contributed by atoms with E-state index in [2.05, 4.69) is 10.6 Å². The van der Waals surface area contributed by atoms with Crippen molar-refractivity contribution in [1.82, 2.24) is 0 Å². The predicted molar refractivity (Wildman–Crippen MR) is 108 cm³/mol. The quantitative estimate of drug-likeness (QED) is 0.736. The number of carbonyl (C=O) groups is 2. The Bertz CT molecular complexity index is 900. The summed E-state index contributed by atoms with van der Waals surface area (Å²) in [4.78, 5) is 25.8. The summed E-state index contributed by atoms with van der Waals surface area (Å²) in [6, 6.07) is 9.21. The molecular weight excluding hydrogens is 364 g/mol. The number of carbonyl (C=O) groups excluding carboxylic acids is 2. The first-order chi connectivity index (χ1) is 12.8.